The monoisotopic (exact) mass is 397 g/mol. The fraction of sp³-hybridized carbons (Fsp3) is 0.211. The largest absolute Gasteiger partial charge is 0.350 e. The smallest absolute Gasteiger partial charge is 0.225 e. The van der Waals surface area contributed by atoms with E-state index in [0.29, 0.717) is 5.95 Å². The van der Waals surface area contributed by atoms with Crippen molar-refractivity contribution in [2.24, 2.45) is 0 Å². The Labute approximate surface area is 156 Å². The molecule has 0 saturated carbocycles. The zero-order chi connectivity index (χ0) is 17.9. The third kappa shape index (κ3) is 4.76. The highest BCUT2D eigenvalue weighted by atomic mass is 79.9. The summed E-state index contributed by atoms with van der Waals surface area (Å²) in [5.41, 5.74) is 2.63. The second-order valence-corrected chi connectivity index (χ2v) is 7.53. The number of nitrogens with zero attached hydrogens (tertiary/aromatic N) is 3. The van der Waals surface area contributed by atoms with Gasteiger partial charge in [0.25, 0.3) is 0 Å². The first kappa shape index (κ1) is 17.4. The van der Waals surface area contributed by atoms with Crippen LogP contribution in [0, 0.1) is 0 Å². The van der Waals surface area contributed by atoms with Crippen LogP contribution in [0.5, 0.6) is 0 Å². The molecule has 2 N–H and O–H groups in total. The highest BCUT2D eigenvalue weighted by Gasteiger charge is 2.14. The van der Waals surface area contributed by atoms with E-state index in [2.05, 4.69) is 62.3 Å². The number of benzene rings is 1. The molecule has 0 aliphatic rings. The molecule has 0 fully saturated rings. The minimum atomic E-state index is -0.137. The quantitative estimate of drug-likeness (QED) is 0.628. The Morgan fingerprint density at radius 1 is 0.960 bits per heavy atom. The van der Waals surface area contributed by atoms with E-state index in [9.17, 15) is 0 Å². The highest BCUT2D eigenvalue weighted by Crippen LogP contribution is 2.28. The van der Waals surface area contributed by atoms with Crippen molar-refractivity contribution in [3.05, 3.63) is 59.3 Å². The van der Waals surface area contributed by atoms with Gasteiger partial charge in [-0.3, -0.25) is 4.98 Å². The van der Waals surface area contributed by atoms with E-state index in [0.717, 1.165) is 27.2 Å². The molecule has 2 heterocycles. The lowest BCUT2D eigenvalue weighted by molar-refractivity contribution is 0.626. The van der Waals surface area contributed by atoms with E-state index >= 15 is 0 Å². The predicted molar refractivity (Wildman–Crippen MR) is 106 cm³/mol. The minimum absolute atomic E-state index is 0.137. The Kier molecular flexibility index (Phi) is 4.99. The van der Waals surface area contributed by atoms with E-state index in [4.69, 9.17) is 0 Å². The van der Waals surface area contributed by atoms with Crippen LogP contribution in [0.2, 0.25) is 0 Å². The van der Waals surface area contributed by atoms with Gasteiger partial charge in [-0.2, -0.15) is 4.98 Å². The molecule has 0 spiro atoms. The molecule has 0 radical (unpaired) electrons. The molecule has 3 rings (SSSR count). The lowest BCUT2D eigenvalue weighted by atomic mass is 10.1. The van der Waals surface area contributed by atoms with Crippen LogP contribution in [0.4, 0.5) is 17.5 Å². The second-order valence-electron chi connectivity index (χ2n) is 6.68. The maximum absolute atomic E-state index is 4.65. The van der Waals surface area contributed by atoms with Crippen molar-refractivity contribution in [3.63, 3.8) is 0 Å². The van der Waals surface area contributed by atoms with Crippen molar-refractivity contribution in [1.82, 2.24) is 15.0 Å². The van der Waals surface area contributed by atoms with Gasteiger partial charge in [0.2, 0.25) is 5.95 Å². The molecule has 0 atom stereocenters. The fourth-order valence-electron chi connectivity index (χ4n) is 2.27. The Morgan fingerprint density at radius 3 is 2.36 bits per heavy atom. The molecule has 6 heteroatoms. The average molecular weight is 398 g/mol. The van der Waals surface area contributed by atoms with E-state index in [-0.39, 0.29) is 5.54 Å². The van der Waals surface area contributed by atoms with Gasteiger partial charge >= 0.3 is 0 Å². The summed E-state index contributed by atoms with van der Waals surface area (Å²) < 4.78 is 0.976. The van der Waals surface area contributed by atoms with Crippen molar-refractivity contribution in [3.8, 4) is 11.3 Å². The number of nitrogens with one attached hydrogen (secondary N) is 2. The number of anilines is 3. The summed E-state index contributed by atoms with van der Waals surface area (Å²) in [7, 11) is 0. The van der Waals surface area contributed by atoms with Crippen molar-refractivity contribution in [2.45, 2.75) is 26.3 Å². The molecule has 1 aromatic carbocycles. The van der Waals surface area contributed by atoms with Crippen LogP contribution in [-0.2, 0) is 0 Å². The normalized spacial score (nSPS) is 11.2. The van der Waals surface area contributed by atoms with Gasteiger partial charge in [-0.15, -0.1) is 0 Å². The first-order valence-electron chi connectivity index (χ1n) is 8.00. The van der Waals surface area contributed by atoms with Crippen molar-refractivity contribution < 1.29 is 0 Å². The number of rotatable bonds is 4. The predicted octanol–water partition coefficient (Wildman–Crippen LogP) is 5.26. The summed E-state index contributed by atoms with van der Waals surface area (Å²) in [5.74, 6) is 1.30. The molecule has 0 unspecified atom stereocenters. The number of hydrogen-bond donors (Lipinski definition) is 2. The topological polar surface area (TPSA) is 62.7 Å². The maximum Gasteiger partial charge on any atom is 0.225 e. The van der Waals surface area contributed by atoms with Crippen LogP contribution >= 0.6 is 15.9 Å². The number of hydrogen-bond acceptors (Lipinski definition) is 5. The SMILES string of the molecule is CC(C)(C)Nc1nc(Nc2ccccc2Br)cc(-c2ccncc2)n1. The van der Waals surface area contributed by atoms with Crippen LogP contribution in [0.15, 0.2) is 59.3 Å². The molecule has 0 amide bonds. The summed E-state index contributed by atoms with van der Waals surface area (Å²) in [6.45, 7) is 6.24. The lowest BCUT2D eigenvalue weighted by Gasteiger charge is -2.21. The van der Waals surface area contributed by atoms with Crippen molar-refractivity contribution in [1.29, 1.82) is 0 Å². The van der Waals surface area contributed by atoms with Gasteiger partial charge in [-0.25, -0.2) is 4.98 Å². The molecular formula is C19H20BrN5. The van der Waals surface area contributed by atoms with Crippen molar-refractivity contribution in [2.75, 3.05) is 10.6 Å². The van der Waals surface area contributed by atoms with Gasteiger partial charge in [0.15, 0.2) is 0 Å². The van der Waals surface area contributed by atoms with Crippen LogP contribution in [-0.4, -0.2) is 20.5 Å². The molecule has 0 aliphatic heterocycles. The molecule has 25 heavy (non-hydrogen) atoms. The zero-order valence-electron chi connectivity index (χ0n) is 14.4. The zero-order valence-corrected chi connectivity index (χ0v) is 16.0. The highest BCUT2D eigenvalue weighted by molar-refractivity contribution is 9.10. The number of halogens is 1. The van der Waals surface area contributed by atoms with E-state index < -0.39 is 0 Å². The molecule has 5 nitrogen and oxygen atoms in total. The second kappa shape index (κ2) is 7.19. The number of aromatic nitrogens is 3. The Bertz CT molecular complexity index is 859. The third-order valence-electron chi connectivity index (χ3n) is 3.33. The Hall–Kier alpha value is -2.47. The molecule has 0 aliphatic carbocycles. The van der Waals surface area contributed by atoms with Crippen LogP contribution < -0.4 is 10.6 Å². The van der Waals surface area contributed by atoms with Crippen LogP contribution in [0.25, 0.3) is 11.3 Å². The standard InChI is InChI=1S/C19H20BrN5/c1-19(2,3)25-18-23-16(13-8-10-21-11-9-13)12-17(24-18)22-15-7-5-4-6-14(15)20/h4-12H,1-3H3,(H2,22,23,24,25). The van der Waals surface area contributed by atoms with E-state index in [1.165, 1.54) is 0 Å². The van der Waals surface area contributed by atoms with Gasteiger partial charge in [-0.05, 0) is 61.0 Å². The van der Waals surface area contributed by atoms with Gasteiger partial charge in [0, 0.05) is 34.0 Å². The summed E-state index contributed by atoms with van der Waals surface area (Å²) in [6.07, 6.45) is 3.52. The van der Waals surface area contributed by atoms with Gasteiger partial charge < -0.3 is 10.6 Å². The first-order valence-corrected chi connectivity index (χ1v) is 8.79. The molecule has 128 valence electrons. The van der Waals surface area contributed by atoms with Crippen LogP contribution in [0.3, 0.4) is 0 Å². The Morgan fingerprint density at radius 2 is 1.68 bits per heavy atom. The number of pyridine rings is 1. The summed E-state index contributed by atoms with van der Waals surface area (Å²) in [5, 5.41) is 6.70. The van der Waals surface area contributed by atoms with Gasteiger partial charge in [0.05, 0.1) is 11.4 Å². The molecule has 3 aromatic rings. The molecule has 0 bridgehead atoms. The van der Waals surface area contributed by atoms with E-state index in [1.807, 2.05) is 42.5 Å². The van der Waals surface area contributed by atoms with E-state index in [1.54, 1.807) is 12.4 Å². The fourth-order valence-corrected chi connectivity index (χ4v) is 2.66. The summed E-state index contributed by atoms with van der Waals surface area (Å²) in [6, 6.07) is 13.7. The molecule has 0 saturated heterocycles. The Balaban J connectivity index is 2.02. The lowest BCUT2D eigenvalue weighted by Crippen LogP contribution is -2.27. The third-order valence-corrected chi connectivity index (χ3v) is 4.02. The summed E-state index contributed by atoms with van der Waals surface area (Å²) >= 11 is 3.55. The van der Waals surface area contributed by atoms with Crippen LogP contribution in [0.1, 0.15) is 20.8 Å². The molecular weight excluding hydrogens is 378 g/mol. The average Bonchev–Trinajstić information content (AvgIpc) is 2.56. The molecule has 2 aromatic heterocycles. The number of para-hydroxylation sites is 1. The minimum Gasteiger partial charge on any atom is -0.350 e. The van der Waals surface area contributed by atoms with Gasteiger partial charge in [-0.1, -0.05) is 12.1 Å². The first-order chi connectivity index (χ1) is 11.9. The maximum atomic E-state index is 4.65. The van der Waals surface area contributed by atoms with Gasteiger partial charge in [0.1, 0.15) is 5.82 Å². The van der Waals surface area contributed by atoms with Crippen molar-refractivity contribution >= 4 is 33.4 Å². The summed E-state index contributed by atoms with van der Waals surface area (Å²) in [4.78, 5) is 13.3.